The van der Waals surface area contributed by atoms with E-state index in [9.17, 15) is 13.2 Å². The Labute approximate surface area is 102 Å². The van der Waals surface area contributed by atoms with Gasteiger partial charge in [0.2, 0.25) is 0 Å². The van der Waals surface area contributed by atoms with Crippen molar-refractivity contribution in [3.05, 3.63) is 0 Å². The summed E-state index contributed by atoms with van der Waals surface area (Å²) in [6, 6.07) is -0.384. The van der Waals surface area contributed by atoms with E-state index in [-0.39, 0.29) is 23.5 Å². The molecule has 7 heteroatoms. The minimum Gasteiger partial charge on any atom is -0.468 e. The maximum absolute atomic E-state index is 11.5. The SMILES string of the molecule is CCNC(CN1CCS(=O)(=O)CC1)C(=O)OC. The van der Waals surface area contributed by atoms with E-state index in [0.717, 1.165) is 0 Å². The van der Waals surface area contributed by atoms with Crippen molar-refractivity contribution >= 4 is 15.8 Å². The molecule has 0 bridgehead atoms. The van der Waals surface area contributed by atoms with Crippen LogP contribution in [0.25, 0.3) is 0 Å². The number of rotatable bonds is 5. The van der Waals surface area contributed by atoms with Crippen LogP contribution in [0.2, 0.25) is 0 Å². The highest BCUT2D eigenvalue weighted by molar-refractivity contribution is 7.91. The van der Waals surface area contributed by atoms with E-state index in [1.165, 1.54) is 7.11 Å². The molecule has 1 atom stereocenters. The van der Waals surface area contributed by atoms with Gasteiger partial charge in [-0.1, -0.05) is 6.92 Å². The summed E-state index contributed by atoms with van der Waals surface area (Å²) in [6.07, 6.45) is 0. The Hall–Kier alpha value is -0.660. The lowest BCUT2D eigenvalue weighted by Gasteiger charge is -2.29. The number of nitrogens with zero attached hydrogens (tertiary/aromatic N) is 1. The number of carbonyl (C=O) groups excluding carboxylic acids is 1. The van der Waals surface area contributed by atoms with Crippen LogP contribution >= 0.6 is 0 Å². The highest BCUT2D eigenvalue weighted by Gasteiger charge is 2.26. The summed E-state index contributed by atoms with van der Waals surface area (Å²) in [5.41, 5.74) is 0. The molecule has 0 amide bonds. The summed E-state index contributed by atoms with van der Waals surface area (Å²) in [5, 5.41) is 3.04. The summed E-state index contributed by atoms with van der Waals surface area (Å²) in [6.45, 7) is 4.06. The van der Waals surface area contributed by atoms with Crippen molar-refractivity contribution in [1.29, 1.82) is 0 Å². The Kier molecular flexibility index (Phi) is 5.35. The van der Waals surface area contributed by atoms with E-state index in [1.54, 1.807) is 0 Å². The fourth-order valence-corrected chi connectivity index (χ4v) is 3.08. The summed E-state index contributed by atoms with van der Waals surface area (Å²) in [4.78, 5) is 13.5. The van der Waals surface area contributed by atoms with Crippen molar-refractivity contribution in [1.82, 2.24) is 10.2 Å². The molecule has 0 aromatic carbocycles. The Morgan fingerprint density at radius 3 is 2.47 bits per heavy atom. The number of likely N-dealkylation sites (N-methyl/N-ethyl adjacent to an activating group) is 1. The van der Waals surface area contributed by atoms with Gasteiger partial charge in [0, 0.05) is 19.6 Å². The third-order valence-electron chi connectivity index (χ3n) is 2.81. The second kappa shape index (κ2) is 6.32. The molecule has 1 aliphatic heterocycles. The molecule has 1 saturated heterocycles. The Morgan fingerprint density at radius 2 is 2.00 bits per heavy atom. The number of sulfone groups is 1. The van der Waals surface area contributed by atoms with Gasteiger partial charge in [0.05, 0.1) is 18.6 Å². The molecule has 17 heavy (non-hydrogen) atoms. The first-order chi connectivity index (χ1) is 7.98. The molecule has 100 valence electrons. The molecular weight excluding hydrogens is 244 g/mol. The molecule has 0 aliphatic carbocycles. The molecule has 0 aromatic heterocycles. The second-order valence-electron chi connectivity index (χ2n) is 4.09. The molecule has 0 radical (unpaired) electrons. The molecule has 6 nitrogen and oxygen atoms in total. The highest BCUT2D eigenvalue weighted by atomic mass is 32.2. The van der Waals surface area contributed by atoms with Gasteiger partial charge >= 0.3 is 5.97 Å². The van der Waals surface area contributed by atoms with Crippen molar-refractivity contribution in [2.75, 3.05) is 44.8 Å². The second-order valence-corrected chi connectivity index (χ2v) is 6.39. The van der Waals surface area contributed by atoms with Crippen LogP contribution in [0.15, 0.2) is 0 Å². The van der Waals surface area contributed by atoms with Crippen LogP contribution in [0.1, 0.15) is 6.92 Å². The molecule has 0 saturated carbocycles. The number of hydrogen-bond acceptors (Lipinski definition) is 6. The lowest BCUT2D eigenvalue weighted by molar-refractivity contribution is -0.143. The van der Waals surface area contributed by atoms with Crippen LogP contribution in [0.3, 0.4) is 0 Å². The zero-order valence-electron chi connectivity index (χ0n) is 10.3. The minimum atomic E-state index is -2.87. The van der Waals surface area contributed by atoms with Gasteiger partial charge in [-0.25, -0.2) is 8.42 Å². The van der Waals surface area contributed by atoms with Gasteiger partial charge in [-0.05, 0) is 6.54 Å². The van der Waals surface area contributed by atoms with E-state index >= 15 is 0 Å². The van der Waals surface area contributed by atoms with Crippen LogP contribution in [0, 0.1) is 0 Å². The van der Waals surface area contributed by atoms with Gasteiger partial charge in [-0.3, -0.25) is 9.69 Å². The monoisotopic (exact) mass is 264 g/mol. The highest BCUT2D eigenvalue weighted by Crippen LogP contribution is 2.05. The van der Waals surface area contributed by atoms with Crippen molar-refractivity contribution in [3.63, 3.8) is 0 Å². The lowest BCUT2D eigenvalue weighted by atomic mass is 10.2. The first-order valence-electron chi connectivity index (χ1n) is 5.72. The third kappa shape index (κ3) is 4.61. The summed E-state index contributed by atoms with van der Waals surface area (Å²) >= 11 is 0. The summed E-state index contributed by atoms with van der Waals surface area (Å²) < 4.78 is 27.2. The first-order valence-corrected chi connectivity index (χ1v) is 7.54. The maximum Gasteiger partial charge on any atom is 0.324 e. The minimum absolute atomic E-state index is 0.174. The molecule has 1 fully saturated rings. The number of nitrogens with one attached hydrogen (secondary N) is 1. The number of esters is 1. The fraction of sp³-hybridized carbons (Fsp3) is 0.900. The fourth-order valence-electron chi connectivity index (χ4n) is 1.80. The topological polar surface area (TPSA) is 75.7 Å². The zero-order chi connectivity index (χ0) is 12.9. The van der Waals surface area contributed by atoms with Gasteiger partial charge in [0.25, 0.3) is 0 Å². The number of carbonyl (C=O) groups is 1. The Bertz CT molecular complexity index is 341. The zero-order valence-corrected chi connectivity index (χ0v) is 11.1. The molecular formula is C10H20N2O4S. The summed E-state index contributed by atoms with van der Waals surface area (Å²) in [5.74, 6) is 0.0420. The van der Waals surface area contributed by atoms with E-state index in [1.807, 2.05) is 11.8 Å². The van der Waals surface area contributed by atoms with Crippen LogP contribution in [0.4, 0.5) is 0 Å². The Morgan fingerprint density at radius 1 is 1.41 bits per heavy atom. The molecule has 1 rings (SSSR count). The molecule has 1 aliphatic rings. The Balaban J connectivity index is 2.48. The average Bonchev–Trinajstić information content (AvgIpc) is 2.30. The molecule has 1 unspecified atom stereocenters. The van der Waals surface area contributed by atoms with Crippen LogP contribution < -0.4 is 5.32 Å². The van der Waals surface area contributed by atoms with E-state index in [2.05, 4.69) is 5.32 Å². The van der Waals surface area contributed by atoms with Gasteiger partial charge in [-0.15, -0.1) is 0 Å². The van der Waals surface area contributed by atoms with E-state index in [0.29, 0.717) is 26.2 Å². The average molecular weight is 264 g/mol. The van der Waals surface area contributed by atoms with Gasteiger partial charge in [0.15, 0.2) is 9.84 Å². The third-order valence-corrected chi connectivity index (χ3v) is 4.42. The van der Waals surface area contributed by atoms with Gasteiger partial charge in [-0.2, -0.15) is 0 Å². The normalized spacial score (nSPS) is 22.0. The van der Waals surface area contributed by atoms with Crippen molar-refractivity contribution in [2.45, 2.75) is 13.0 Å². The molecule has 1 heterocycles. The standard InChI is InChI=1S/C10H20N2O4S/c1-3-11-9(10(13)16-2)8-12-4-6-17(14,15)7-5-12/h9,11H,3-8H2,1-2H3. The number of methoxy groups -OCH3 is 1. The predicted molar refractivity (Wildman–Crippen MR) is 64.6 cm³/mol. The molecule has 1 N–H and O–H groups in total. The van der Waals surface area contributed by atoms with Crippen LogP contribution in [0.5, 0.6) is 0 Å². The van der Waals surface area contributed by atoms with Crippen molar-refractivity contribution in [2.24, 2.45) is 0 Å². The van der Waals surface area contributed by atoms with E-state index in [4.69, 9.17) is 4.74 Å². The quantitative estimate of drug-likeness (QED) is 0.633. The van der Waals surface area contributed by atoms with Gasteiger partial charge in [0.1, 0.15) is 6.04 Å². The molecule has 0 spiro atoms. The summed E-state index contributed by atoms with van der Waals surface area (Å²) in [7, 11) is -1.51. The maximum atomic E-state index is 11.5. The van der Waals surface area contributed by atoms with Crippen LogP contribution in [-0.4, -0.2) is 70.1 Å². The van der Waals surface area contributed by atoms with Crippen molar-refractivity contribution in [3.8, 4) is 0 Å². The number of ether oxygens (including phenoxy) is 1. The lowest BCUT2D eigenvalue weighted by Crippen LogP contribution is -2.50. The van der Waals surface area contributed by atoms with Crippen molar-refractivity contribution < 1.29 is 17.9 Å². The predicted octanol–water partition coefficient (Wildman–Crippen LogP) is -1.13. The van der Waals surface area contributed by atoms with Crippen LogP contribution in [-0.2, 0) is 19.4 Å². The van der Waals surface area contributed by atoms with E-state index < -0.39 is 9.84 Å². The smallest absolute Gasteiger partial charge is 0.324 e. The first kappa shape index (κ1) is 14.4. The van der Waals surface area contributed by atoms with Gasteiger partial charge < -0.3 is 10.1 Å². The number of hydrogen-bond donors (Lipinski definition) is 1. The molecule has 0 aromatic rings. The largest absolute Gasteiger partial charge is 0.468 e.